The fraction of sp³-hybridized carbons (Fsp3) is 0.579. The fourth-order valence-corrected chi connectivity index (χ4v) is 2.15. The highest BCUT2D eigenvalue weighted by Gasteiger charge is 2.20. The van der Waals surface area contributed by atoms with Crippen molar-refractivity contribution in [1.82, 2.24) is 10.6 Å². The Kier molecular flexibility index (Phi) is 7.75. The highest BCUT2D eigenvalue weighted by atomic mass is 16.5. The number of methoxy groups -OCH3 is 1. The van der Waals surface area contributed by atoms with Crippen molar-refractivity contribution in [2.24, 2.45) is 5.41 Å². The van der Waals surface area contributed by atoms with Gasteiger partial charge < -0.3 is 15.4 Å². The largest absolute Gasteiger partial charge is 0.497 e. The van der Waals surface area contributed by atoms with Crippen molar-refractivity contribution in [1.29, 1.82) is 0 Å². The number of amides is 2. The summed E-state index contributed by atoms with van der Waals surface area (Å²) in [6.07, 6.45) is 2.06. The molecule has 0 heterocycles. The van der Waals surface area contributed by atoms with Crippen LogP contribution in [-0.4, -0.2) is 31.5 Å². The van der Waals surface area contributed by atoms with Crippen LogP contribution in [-0.2, 0) is 16.0 Å². The molecule has 2 amide bonds. The molecular formula is C19H30N2O3. The maximum atomic E-state index is 11.9. The number of hydrogen-bond donors (Lipinski definition) is 2. The van der Waals surface area contributed by atoms with Crippen molar-refractivity contribution < 1.29 is 14.3 Å². The van der Waals surface area contributed by atoms with E-state index in [1.165, 1.54) is 5.56 Å². The zero-order valence-corrected chi connectivity index (χ0v) is 15.4. The summed E-state index contributed by atoms with van der Waals surface area (Å²) < 4.78 is 5.14. The molecule has 24 heavy (non-hydrogen) atoms. The second-order valence-corrected chi connectivity index (χ2v) is 7.11. The van der Waals surface area contributed by atoms with Crippen molar-refractivity contribution in [2.75, 3.05) is 13.7 Å². The minimum absolute atomic E-state index is 0.0357. The molecule has 5 heteroatoms. The van der Waals surface area contributed by atoms with E-state index in [1.54, 1.807) is 7.11 Å². The minimum atomic E-state index is -0.428. The van der Waals surface area contributed by atoms with Crippen LogP contribution >= 0.6 is 0 Å². The monoisotopic (exact) mass is 334 g/mol. The molecule has 1 atom stereocenters. The van der Waals surface area contributed by atoms with E-state index in [1.807, 2.05) is 52.0 Å². The van der Waals surface area contributed by atoms with Crippen molar-refractivity contribution in [2.45, 2.75) is 53.0 Å². The zero-order valence-electron chi connectivity index (χ0n) is 15.4. The molecule has 2 N–H and O–H groups in total. The van der Waals surface area contributed by atoms with Gasteiger partial charge in [-0.25, -0.2) is 0 Å². The van der Waals surface area contributed by atoms with Crippen LogP contribution in [0.5, 0.6) is 5.75 Å². The predicted molar refractivity (Wildman–Crippen MR) is 96.0 cm³/mol. The van der Waals surface area contributed by atoms with Crippen molar-refractivity contribution in [3.8, 4) is 5.75 Å². The molecule has 134 valence electrons. The molecule has 0 aromatic heterocycles. The minimum Gasteiger partial charge on any atom is -0.497 e. The Morgan fingerprint density at radius 2 is 1.79 bits per heavy atom. The van der Waals surface area contributed by atoms with E-state index in [0.717, 1.165) is 18.6 Å². The van der Waals surface area contributed by atoms with Crippen LogP contribution in [0, 0.1) is 5.41 Å². The molecule has 0 radical (unpaired) electrons. The Morgan fingerprint density at radius 3 is 2.33 bits per heavy atom. The van der Waals surface area contributed by atoms with Crippen molar-refractivity contribution >= 4 is 11.8 Å². The molecule has 0 spiro atoms. The summed E-state index contributed by atoms with van der Waals surface area (Å²) in [6, 6.07) is 8.05. The highest BCUT2D eigenvalue weighted by Crippen LogP contribution is 2.13. The topological polar surface area (TPSA) is 67.4 Å². The Balaban J connectivity index is 2.25. The van der Waals surface area contributed by atoms with Gasteiger partial charge in [0, 0.05) is 24.4 Å². The number of hydrogen-bond acceptors (Lipinski definition) is 3. The summed E-state index contributed by atoms with van der Waals surface area (Å²) in [5, 5.41) is 5.75. The van der Waals surface area contributed by atoms with Crippen LogP contribution in [0.1, 0.15) is 46.1 Å². The first-order valence-electron chi connectivity index (χ1n) is 8.43. The van der Waals surface area contributed by atoms with Gasteiger partial charge in [-0.1, -0.05) is 32.9 Å². The molecule has 0 saturated heterocycles. The van der Waals surface area contributed by atoms with E-state index in [4.69, 9.17) is 4.74 Å². The van der Waals surface area contributed by atoms with Crippen LogP contribution in [0.3, 0.4) is 0 Å². The molecule has 1 aromatic carbocycles. The molecule has 0 aliphatic carbocycles. The lowest BCUT2D eigenvalue weighted by atomic mass is 9.96. The lowest BCUT2D eigenvalue weighted by Gasteiger charge is -2.18. The lowest BCUT2D eigenvalue weighted by molar-refractivity contribution is -0.128. The maximum Gasteiger partial charge on any atom is 0.225 e. The Hall–Kier alpha value is -2.04. The van der Waals surface area contributed by atoms with E-state index >= 15 is 0 Å². The van der Waals surface area contributed by atoms with Gasteiger partial charge in [-0.2, -0.15) is 0 Å². The van der Waals surface area contributed by atoms with Gasteiger partial charge in [-0.3, -0.25) is 9.59 Å². The van der Waals surface area contributed by atoms with Gasteiger partial charge in [0.2, 0.25) is 11.8 Å². The van der Waals surface area contributed by atoms with Crippen LogP contribution in [0.25, 0.3) is 0 Å². The van der Waals surface area contributed by atoms with Gasteiger partial charge in [0.15, 0.2) is 0 Å². The highest BCUT2D eigenvalue weighted by molar-refractivity contribution is 5.82. The average Bonchev–Trinajstić information content (AvgIpc) is 2.52. The van der Waals surface area contributed by atoms with E-state index in [0.29, 0.717) is 13.0 Å². The SMILES string of the molecule is COc1ccc(CC[C@H](C)NC(=O)CCNC(=O)C(C)(C)C)cc1. The number of ether oxygens (including phenoxy) is 1. The second kappa shape index (κ2) is 9.30. The van der Waals surface area contributed by atoms with Gasteiger partial charge in [0.1, 0.15) is 5.75 Å². The molecule has 1 rings (SSSR count). The average molecular weight is 334 g/mol. The first-order chi connectivity index (χ1) is 11.2. The van der Waals surface area contributed by atoms with Gasteiger partial charge in [0.05, 0.1) is 7.11 Å². The van der Waals surface area contributed by atoms with Crippen LogP contribution in [0.2, 0.25) is 0 Å². The van der Waals surface area contributed by atoms with E-state index in [-0.39, 0.29) is 17.9 Å². The number of rotatable bonds is 8. The summed E-state index contributed by atoms with van der Waals surface area (Å²) in [6.45, 7) is 7.92. The van der Waals surface area contributed by atoms with Gasteiger partial charge in [-0.15, -0.1) is 0 Å². The van der Waals surface area contributed by atoms with E-state index in [9.17, 15) is 9.59 Å². The Bertz CT molecular complexity index is 533. The third-order valence-corrected chi connectivity index (χ3v) is 3.75. The molecule has 0 aliphatic rings. The van der Waals surface area contributed by atoms with Gasteiger partial charge in [0.25, 0.3) is 0 Å². The predicted octanol–water partition coefficient (Wildman–Crippen LogP) is 2.68. The summed E-state index contributed by atoms with van der Waals surface area (Å²) >= 11 is 0. The molecule has 0 fully saturated rings. The number of aryl methyl sites for hydroxylation is 1. The summed E-state index contributed by atoms with van der Waals surface area (Å²) in [5.74, 6) is 0.770. The Labute approximate surface area is 145 Å². The smallest absolute Gasteiger partial charge is 0.225 e. The Morgan fingerprint density at radius 1 is 1.17 bits per heavy atom. The summed E-state index contributed by atoms with van der Waals surface area (Å²) in [4.78, 5) is 23.6. The standard InChI is InChI=1S/C19H30N2O3/c1-14(6-7-15-8-10-16(24-5)11-9-15)21-17(22)12-13-20-18(23)19(2,3)4/h8-11,14H,6-7,12-13H2,1-5H3,(H,20,23)(H,21,22)/t14-/m0/s1. The number of benzene rings is 1. The van der Waals surface area contributed by atoms with Crippen molar-refractivity contribution in [3.63, 3.8) is 0 Å². The van der Waals surface area contributed by atoms with E-state index < -0.39 is 5.41 Å². The summed E-state index contributed by atoms with van der Waals surface area (Å²) in [7, 11) is 1.65. The fourth-order valence-electron chi connectivity index (χ4n) is 2.15. The normalized spacial score (nSPS) is 12.4. The molecule has 0 saturated carbocycles. The number of carbonyl (C=O) groups excluding carboxylic acids is 2. The number of carbonyl (C=O) groups is 2. The lowest BCUT2D eigenvalue weighted by Crippen LogP contribution is -2.39. The second-order valence-electron chi connectivity index (χ2n) is 7.11. The van der Waals surface area contributed by atoms with Gasteiger partial charge in [-0.05, 0) is 37.5 Å². The van der Waals surface area contributed by atoms with Crippen LogP contribution < -0.4 is 15.4 Å². The third kappa shape index (κ3) is 7.49. The first-order valence-corrected chi connectivity index (χ1v) is 8.43. The molecular weight excluding hydrogens is 304 g/mol. The number of nitrogens with one attached hydrogen (secondary N) is 2. The van der Waals surface area contributed by atoms with Crippen LogP contribution in [0.15, 0.2) is 24.3 Å². The maximum absolute atomic E-state index is 11.9. The van der Waals surface area contributed by atoms with Gasteiger partial charge >= 0.3 is 0 Å². The molecule has 0 aliphatic heterocycles. The molecule has 1 aromatic rings. The zero-order chi connectivity index (χ0) is 18.2. The molecule has 5 nitrogen and oxygen atoms in total. The van der Waals surface area contributed by atoms with Crippen LogP contribution in [0.4, 0.5) is 0 Å². The molecule has 0 unspecified atom stereocenters. The first kappa shape index (κ1) is 20.0. The third-order valence-electron chi connectivity index (χ3n) is 3.75. The van der Waals surface area contributed by atoms with E-state index in [2.05, 4.69) is 10.6 Å². The quantitative estimate of drug-likeness (QED) is 0.768. The van der Waals surface area contributed by atoms with Crippen molar-refractivity contribution in [3.05, 3.63) is 29.8 Å². The molecule has 0 bridgehead atoms. The summed E-state index contributed by atoms with van der Waals surface area (Å²) in [5.41, 5.74) is 0.789.